The Morgan fingerprint density at radius 1 is 1.10 bits per heavy atom. The van der Waals surface area contributed by atoms with Crippen molar-refractivity contribution in [3.8, 4) is 0 Å². The van der Waals surface area contributed by atoms with Crippen molar-refractivity contribution in [2.75, 3.05) is 44.2 Å². The molecule has 2 aliphatic heterocycles. The summed E-state index contributed by atoms with van der Waals surface area (Å²) in [5.41, 5.74) is 2.05. The van der Waals surface area contributed by atoms with Gasteiger partial charge in [0.15, 0.2) is 6.29 Å². The zero-order valence-electron chi connectivity index (χ0n) is 17.3. The van der Waals surface area contributed by atoms with E-state index in [1.165, 1.54) is 0 Å². The number of nitrogens with zero attached hydrogens (tertiary/aromatic N) is 4. The summed E-state index contributed by atoms with van der Waals surface area (Å²) in [6.45, 7) is 11.7. The van der Waals surface area contributed by atoms with E-state index in [0.29, 0.717) is 12.5 Å². The van der Waals surface area contributed by atoms with Gasteiger partial charge in [-0.15, -0.1) is 0 Å². The molecule has 0 saturated carbocycles. The van der Waals surface area contributed by atoms with Crippen LogP contribution in [0, 0.1) is 6.92 Å². The maximum Gasteiger partial charge on any atom is 0.184 e. The van der Waals surface area contributed by atoms with E-state index >= 15 is 0 Å². The fourth-order valence-electron chi connectivity index (χ4n) is 3.78. The zero-order chi connectivity index (χ0) is 20.4. The third-order valence-electron chi connectivity index (χ3n) is 5.42. The van der Waals surface area contributed by atoms with Gasteiger partial charge in [0, 0.05) is 61.0 Å². The first kappa shape index (κ1) is 20.5. The highest BCUT2D eigenvalue weighted by Gasteiger charge is 2.30. The molecule has 2 aliphatic rings. The molecule has 29 heavy (non-hydrogen) atoms. The second-order valence-corrected chi connectivity index (χ2v) is 8.58. The third kappa shape index (κ3) is 5.07. The largest absolute Gasteiger partial charge is 0.354 e. The predicted octanol–water partition coefficient (Wildman–Crippen LogP) is 3.80. The number of halogens is 1. The quantitative estimate of drug-likeness (QED) is 0.739. The lowest BCUT2D eigenvalue weighted by Crippen LogP contribution is -2.49. The molecule has 0 aliphatic carbocycles. The lowest BCUT2D eigenvalue weighted by molar-refractivity contribution is -0.0644. The number of ether oxygens (including phenoxy) is 2. The minimum Gasteiger partial charge on any atom is -0.354 e. The molecule has 0 spiro atoms. The first-order chi connectivity index (χ1) is 14.0. The maximum absolute atomic E-state index is 6.12. The molecule has 7 heteroatoms. The molecule has 2 fully saturated rings. The van der Waals surface area contributed by atoms with Crippen LogP contribution in [0.2, 0.25) is 5.02 Å². The van der Waals surface area contributed by atoms with Crippen LogP contribution in [-0.4, -0.2) is 60.3 Å². The molecular formula is C22H29ClN4O2. The molecule has 156 valence electrons. The number of aromatic nitrogens is 2. The molecular weight excluding hydrogens is 388 g/mol. The van der Waals surface area contributed by atoms with Crippen molar-refractivity contribution in [1.29, 1.82) is 0 Å². The molecule has 0 bridgehead atoms. The maximum atomic E-state index is 6.12. The van der Waals surface area contributed by atoms with Gasteiger partial charge in [0.1, 0.15) is 11.6 Å². The van der Waals surface area contributed by atoms with Crippen LogP contribution in [0.1, 0.15) is 43.1 Å². The van der Waals surface area contributed by atoms with Gasteiger partial charge in [0.25, 0.3) is 0 Å². The Labute approximate surface area is 177 Å². The fraction of sp³-hybridized carbons (Fsp3) is 0.545. The summed E-state index contributed by atoms with van der Waals surface area (Å²) < 4.78 is 12.0. The summed E-state index contributed by atoms with van der Waals surface area (Å²) in [5.74, 6) is 2.30. The Morgan fingerprint density at radius 3 is 2.52 bits per heavy atom. The van der Waals surface area contributed by atoms with Crippen LogP contribution in [0.25, 0.3) is 0 Å². The molecule has 3 heterocycles. The monoisotopic (exact) mass is 416 g/mol. The van der Waals surface area contributed by atoms with Crippen LogP contribution in [0.15, 0.2) is 30.3 Å². The first-order valence-corrected chi connectivity index (χ1v) is 10.7. The number of piperazine rings is 1. The summed E-state index contributed by atoms with van der Waals surface area (Å²) in [6, 6.07) is 9.75. The van der Waals surface area contributed by atoms with Crippen molar-refractivity contribution < 1.29 is 9.47 Å². The van der Waals surface area contributed by atoms with E-state index < -0.39 is 0 Å². The number of hydrogen-bond donors (Lipinski definition) is 0. The number of rotatable bonds is 5. The van der Waals surface area contributed by atoms with Crippen molar-refractivity contribution in [2.45, 2.75) is 39.1 Å². The van der Waals surface area contributed by atoms with Crippen LogP contribution in [-0.2, 0) is 9.47 Å². The molecule has 2 aromatic rings. The minimum absolute atomic E-state index is 0.0936. The zero-order valence-corrected chi connectivity index (χ0v) is 18.1. The number of aryl methyl sites for hydroxylation is 1. The van der Waals surface area contributed by atoms with Crippen molar-refractivity contribution in [1.82, 2.24) is 14.9 Å². The van der Waals surface area contributed by atoms with Crippen LogP contribution in [0.4, 0.5) is 5.82 Å². The van der Waals surface area contributed by atoms with Gasteiger partial charge in [-0.2, -0.15) is 0 Å². The van der Waals surface area contributed by atoms with Crippen LogP contribution < -0.4 is 4.90 Å². The summed E-state index contributed by atoms with van der Waals surface area (Å²) in [5, 5.41) is 0.723. The highest BCUT2D eigenvalue weighted by atomic mass is 35.5. The van der Waals surface area contributed by atoms with Gasteiger partial charge in [-0.3, -0.25) is 4.90 Å². The van der Waals surface area contributed by atoms with Gasteiger partial charge in [-0.05, 0) is 19.1 Å². The molecule has 0 radical (unpaired) electrons. The van der Waals surface area contributed by atoms with E-state index in [9.17, 15) is 0 Å². The van der Waals surface area contributed by atoms with Crippen molar-refractivity contribution in [3.63, 3.8) is 0 Å². The summed E-state index contributed by atoms with van der Waals surface area (Å²) >= 11 is 5.96. The van der Waals surface area contributed by atoms with Crippen LogP contribution >= 0.6 is 11.6 Å². The van der Waals surface area contributed by atoms with E-state index in [0.717, 1.165) is 60.6 Å². The third-order valence-corrected chi connectivity index (χ3v) is 5.68. The number of benzene rings is 1. The summed E-state index contributed by atoms with van der Waals surface area (Å²) in [7, 11) is 0. The Hall–Kier alpha value is -1.73. The first-order valence-electron chi connectivity index (χ1n) is 10.3. The fourth-order valence-corrected chi connectivity index (χ4v) is 3.91. The predicted molar refractivity (Wildman–Crippen MR) is 115 cm³/mol. The number of anilines is 1. The van der Waals surface area contributed by atoms with E-state index in [1.807, 2.05) is 31.2 Å². The van der Waals surface area contributed by atoms with Gasteiger partial charge in [0.2, 0.25) is 0 Å². The van der Waals surface area contributed by atoms with E-state index in [2.05, 4.69) is 34.7 Å². The van der Waals surface area contributed by atoms with Gasteiger partial charge >= 0.3 is 0 Å². The normalized spacial score (nSPS) is 23.1. The Kier molecular flexibility index (Phi) is 6.35. The molecule has 1 aromatic carbocycles. The Morgan fingerprint density at radius 2 is 1.83 bits per heavy atom. The average molecular weight is 417 g/mol. The number of hydrogen-bond acceptors (Lipinski definition) is 6. The second kappa shape index (κ2) is 8.96. The van der Waals surface area contributed by atoms with Gasteiger partial charge < -0.3 is 14.4 Å². The molecule has 0 amide bonds. The Bertz CT molecular complexity index is 822. The molecule has 4 rings (SSSR count). The standard InChI is InChI=1S/C22H29ClN4O2/c1-15(2)21-24-16(3)12-20(25-21)27-10-8-26(9-11-27)13-19-14-28-22(29-19)17-4-6-18(23)7-5-17/h4-7,12,15,19,22H,8-11,13-14H2,1-3H3/t19-,22+/m0/s1. The highest BCUT2D eigenvalue weighted by Crippen LogP contribution is 2.28. The Balaban J connectivity index is 1.29. The van der Waals surface area contributed by atoms with E-state index in [-0.39, 0.29) is 12.4 Å². The molecule has 0 unspecified atom stereocenters. The molecule has 2 saturated heterocycles. The lowest BCUT2D eigenvalue weighted by atomic mass is 10.2. The molecule has 0 N–H and O–H groups in total. The van der Waals surface area contributed by atoms with Crippen molar-refractivity contribution in [2.24, 2.45) is 0 Å². The van der Waals surface area contributed by atoms with Crippen molar-refractivity contribution in [3.05, 3.63) is 52.4 Å². The molecule has 2 atom stereocenters. The van der Waals surface area contributed by atoms with E-state index in [1.54, 1.807) is 0 Å². The van der Waals surface area contributed by atoms with Crippen molar-refractivity contribution >= 4 is 17.4 Å². The highest BCUT2D eigenvalue weighted by molar-refractivity contribution is 6.30. The topological polar surface area (TPSA) is 50.7 Å². The SMILES string of the molecule is Cc1cc(N2CCN(C[C@H]3CO[C@@H](c4ccc(Cl)cc4)O3)CC2)nc(C(C)C)n1. The van der Waals surface area contributed by atoms with Crippen LogP contribution in [0.3, 0.4) is 0 Å². The van der Waals surface area contributed by atoms with Gasteiger partial charge in [-0.1, -0.05) is 37.6 Å². The second-order valence-electron chi connectivity index (χ2n) is 8.14. The molecule has 6 nitrogen and oxygen atoms in total. The molecule has 1 aromatic heterocycles. The average Bonchev–Trinajstić information content (AvgIpc) is 3.17. The summed E-state index contributed by atoms with van der Waals surface area (Å²) in [4.78, 5) is 14.2. The van der Waals surface area contributed by atoms with Gasteiger partial charge in [-0.25, -0.2) is 9.97 Å². The smallest absolute Gasteiger partial charge is 0.184 e. The van der Waals surface area contributed by atoms with E-state index in [4.69, 9.17) is 26.1 Å². The van der Waals surface area contributed by atoms with Crippen LogP contribution in [0.5, 0.6) is 0 Å². The van der Waals surface area contributed by atoms with Gasteiger partial charge in [0.05, 0.1) is 12.7 Å². The minimum atomic E-state index is -0.294. The lowest BCUT2D eigenvalue weighted by Gasteiger charge is -2.36. The summed E-state index contributed by atoms with van der Waals surface area (Å²) in [6.07, 6.45) is -0.201.